The molecule has 0 unspecified atom stereocenters. The Morgan fingerprint density at radius 2 is 1.60 bits per heavy atom. The van der Waals surface area contributed by atoms with Gasteiger partial charge in [0.15, 0.2) is 0 Å². The van der Waals surface area contributed by atoms with Crippen molar-refractivity contribution in [3.63, 3.8) is 0 Å². The van der Waals surface area contributed by atoms with Gasteiger partial charge in [-0.25, -0.2) is 9.59 Å². The molecular weight excluding hydrogens is 498 g/mol. The number of hydrogen-bond acceptors (Lipinski definition) is 5. The molecule has 4 aromatic carbocycles. The van der Waals surface area contributed by atoms with Crippen molar-refractivity contribution in [2.24, 2.45) is 0 Å². The summed E-state index contributed by atoms with van der Waals surface area (Å²) in [5, 5.41) is 2.20. The average Bonchev–Trinajstić information content (AvgIpc) is 2.98. The topological polar surface area (TPSA) is 55.8 Å². The van der Waals surface area contributed by atoms with Gasteiger partial charge in [0, 0.05) is 46.1 Å². The number of ether oxygens (including phenoxy) is 2. The molecule has 5 nitrogen and oxygen atoms in total. The lowest BCUT2D eigenvalue weighted by Gasteiger charge is -2.28. The fraction of sp³-hybridized carbons (Fsp3) is 0.0857. The second-order valence-electron chi connectivity index (χ2n) is 9.18. The first-order valence-electron chi connectivity index (χ1n) is 12.9. The number of benzene rings is 4. The highest BCUT2D eigenvalue weighted by Gasteiger charge is 2.21. The predicted octanol–water partition coefficient (Wildman–Crippen LogP) is 8.38. The number of allylic oxidation sites excluding steroid dienone is 1. The Hall–Kier alpha value is -5.34. The lowest BCUT2D eigenvalue weighted by molar-refractivity contribution is -0.129. The van der Waals surface area contributed by atoms with Gasteiger partial charge in [-0.15, -0.1) is 0 Å². The van der Waals surface area contributed by atoms with Crippen LogP contribution in [0.25, 0.3) is 22.4 Å². The van der Waals surface area contributed by atoms with Crippen molar-refractivity contribution in [1.29, 1.82) is 0 Å². The zero-order valence-electron chi connectivity index (χ0n) is 22.4. The summed E-state index contributed by atoms with van der Waals surface area (Å²) in [7, 11) is 0. The van der Waals surface area contributed by atoms with Crippen LogP contribution in [0.2, 0.25) is 0 Å². The van der Waals surface area contributed by atoms with Crippen LogP contribution in [0.15, 0.2) is 110 Å². The Labute approximate surface area is 233 Å². The number of nitrogens with zero attached hydrogens (tertiary/aromatic N) is 1. The van der Waals surface area contributed by atoms with Gasteiger partial charge >= 0.3 is 11.9 Å². The van der Waals surface area contributed by atoms with E-state index >= 15 is 0 Å². The minimum absolute atomic E-state index is 0.393. The first-order chi connectivity index (χ1) is 19.4. The molecule has 0 aromatic heterocycles. The monoisotopic (exact) mass is 525 g/mol. The van der Waals surface area contributed by atoms with E-state index in [4.69, 9.17) is 9.47 Å². The summed E-state index contributed by atoms with van der Waals surface area (Å²) in [6, 6.07) is 23.0. The summed E-state index contributed by atoms with van der Waals surface area (Å²) < 4.78 is 10.7. The van der Waals surface area contributed by atoms with Crippen molar-refractivity contribution < 1.29 is 19.1 Å². The van der Waals surface area contributed by atoms with E-state index in [2.05, 4.69) is 67.6 Å². The van der Waals surface area contributed by atoms with Crippen LogP contribution < -0.4 is 14.4 Å². The van der Waals surface area contributed by atoms with Gasteiger partial charge in [-0.2, -0.15) is 0 Å². The molecule has 5 rings (SSSR count). The molecule has 0 saturated carbocycles. The number of carbonyl (C=O) groups is 2. The molecule has 0 amide bonds. The second kappa shape index (κ2) is 11.2. The third-order valence-corrected chi connectivity index (χ3v) is 6.69. The fourth-order valence-electron chi connectivity index (χ4n) is 4.88. The van der Waals surface area contributed by atoms with Gasteiger partial charge in [0.25, 0.3) is 0 Å². The molecule has 0 bridgehead atoms. The van der Waals surface area contributed by atoms with Crippen molar-refractivity contribution in [2.75, 3.05) is 4.90 Å². The first-order valence-corrected chi connectivity index (χ1v) is 12.9. The SMILES string of the molecule is C=CC(=O)Oc1ccc(N(c2cccc(OC(=O)C=C)c2)c2ccc(C)c3c4c(ccc23)C=C=C=C4CC)cc1. The minimum atomic E-state index is -0.538. The molecule has 0 N–H and O–H groups in total. The molecule has 0 saturated heterocycles. The summed E-state index contributed by atoms with van der Waals surface area (Å²) in [5.41, 5.74) is 13.5. The number of aryl methyl sites for hydroxylation is 1. The molecule has 0 radical (unpaired) electrons. The van der Waals surface area contributed by atoms with Crippen LogP contribution in [-0.4, -0.2) is 11.9 Å². The second-order valence-corrected chi connectivity index (χ2v) is 9.18. The maximum absolute atomic E-state index is 11.9. The van der Waals surface area contributed by atoms with Crippen LogP contribution in [0.1, 0.15) is 30.0 Å². The third kappa shape index (κ3) is 5.03. The van der Waals surface area contributed by atoms with Gasteiger partial charge in [0.1, 0.15) is 11.5 Å². The third-order valence-electron chi connectivity index (χ3n) is 6.69. The Kier molecular flexibility index (Phi) is 7.35. The number of carbonyl (C=O) groups excluding carboxylic acids is 2. The quantitative estimate of drug-likeness (QED) is 0.100. The van der Waals surface area contributed by atoms with E-state index < -0.39 is 11.9 Å². The molecule has 1 aliphatic carbocycles. The van der Waals surface area contributed by atoms with E-state index in [0.29, 0.717) is 11.5 Å². The molecule has 40 heavy (non-hydrogen) atoms. The summed E-state index contributed by atoms with van der Waals surface area (Å²) in [5.74, 6) is -0.270. The molecule has 0 aliphatic heterocycles. The van der Waals surface area contributed by atoms with E-state index in [1.165, 1.54) is 5.56 Å². The summed E-state index contributed by atoms with van der Waals surface area (Å²) in [4.78, 5) is 25.8. The molecule has 1 aliphatic rings. The van der Waals surface area contributed by atoms with E-state index in [9.17, 15) is 9.59 Å². The van der Waals surface area contributed by atoms with Crippen molar-refractivity contribution in [3.05, 3.63) is 126 Å². The lowest BCUT2D eigenvalue weighted by atomic mass is 9.87. The first kappa shape index (κ1) is 26.3. The Morgan fingerprint density at radius 1 is 0.875 bits per heavy atom. The van der Waals surface area contributed by atoms with Crippen molar-refractivity contribution in [2.45, 2.75) is 20.3 Å². The molecular formula is C35H27NO4. The average molecular weight is 526 g/mol. The molecule has 5 heteroatoms. The van der Waals surface area contributed by atoms with E-state index in [0.717, 1.165) is 63.1 Å². The number of rotatable bonds is 8. The van der Waals surface area contributed by atoms with E-state index in [-0.39, 0.29) is 0 Å². The minimum Gasteiger partial charge on any atom is -0.423 e. The van der Waals surface area contributed by atoms with Crippen LogP contribution >= 0.6 is 0 Å². The van der Waals surface area contributed by atoms with Gasteiger partial charge in [0.05, 0.1) is 5.69 Å². The maximum Gasteiger partial charge on any atom is 0.335 e. The van der Waals surface area contributed by atoms with Gasteiger partial charge in [-0.1, -0.05) is 55.8 Å². The Bertz CT molecular complexity index is 1780. The number of esters is 2. The number of anilines is 3. The van der Waals surface area contributed by atoms with E-state index in [1.54, 1.807) is 24.3 Å². The molecule has 0 atom stereocenters. The predicted molar refractivity (Wildman–Crippen MR) is 160 cm³/mol. The van der Waals surface area contributed by atoms with Crippen LogP contribution in [0.3, 0.4) is 0 Å². The number of hydrogen-bond donors (Lipinski definition) is 0. The van der Waals surface area contributed by atoms with Gasteiger partial charge in [-0.05, 0) is 78.4 Å². The van der Waals surface area contributed by atoms with Crippen LogP contribution in [0.4, 0.5) is 17.1 Å². The number of fused-ring (bicyclic) bond motifs is 3. The standard InChI is InChI=1S/C35H27NO4/c1-5-24-10-8-11-25-15-20-30-31(21-14-23(4)34(30)35(24)25)36(26-16-18-28(19-17-26)39-32(37)6-2)27-12-9-13-29(22-27)40-33(38)7-3/h6-7,9,11-22H,2-3,5H2,1,4H3. The largest absolute Gasteiger partial charge is 0.423 e. The van der Waals surface area contributed by atoms with Crippen molar-refractivity contribution >= 4 is 51.4 Å². The van der Waals surface area contributed by atoms with Crippen LogP contribution in [0, 0.1) is 6.92 Å². The fourth-order valence-corrected chi connectivity index (χ4v) is 4.88. The maximum atomic E-state index is 11.9. The lowest BCUT2D eigenvalue weighted by Crippen LogP contribution is -2.12. The normalized spacial score (nSPS) is 11.4. The molecule has 0 heterocycles. The van der Waals surface area contributed by atoms with Gasteiger partial charge in [-0.3, -0.25) is 0 Å². The van der Waals surface area contributed by atoms with Gasteiger partial charge < -0.3 is 14.4 Å². The highest BCUT2D eigenvalue weighted by atomic mass is 16.5. The highest BCUT2D eigenvalue weighted by molar-refractivity contribution is 6.07. The van der Waals surface area contributed by atoms with Crippen molar-refractivity contribution in [1.82, 2.24) is 0 Å². The van der Waals surface area contributed by atoms with Crippen LogP contribution in [-0.2, 0) is 9.59 Å². The zero-order chi connectivity index (χ0) is 28.2. The smallest absolute Gasteiger partial charge is 0.335 e. The highest BCUT2D eigenvalue weighted by Crippen LogP contribution is 2.44. The van der Waals surface area contributed by atoms with Gasteiger partial charge in [0.2, 0.25) is 0 Å². The molecule has 0 spiro atoms. The Balaban J connectivity index is 1.73. The molecule has 196 valence electrons. The Morgan fingerprint density at radius 3 is 2.30 bits per heavy atom. The summed E-state index contributed by atoms with van der Waals surface area (Å²) in [6.45, 7) is 11.2. The van der Waals surface area contributed by atoms with Crippen molar-refractivity contribution in [3.8, 4) is 11.5 Å². The van der Waals surface area contributed by atoms with E-state index in [1.807, 2.05) is 30.3 Å². The van der Waals surface area contributed by atoms with Crippen LogP contribution in [0.5, 0.6) is 11.5 Å². The molecule has 0 fully saturated rings. The zero-order valence-corrected chi connectivity index (χ0v) is 22.4. The summed E-state index contributed by atoms with van der Waals surface area (Å²) in [6.07, 6.45) is 5.06. The molecule has 4 aromatic rings. The summed E-state index contributed by atoms with van der Waals surface area (Å²) >= 11 is 0.